The Labute approximate surface area is 96.3 Å². The Balaban J connectivity index is 2.43. The van der Waals surface area contributed by atoms with E-state index in [1.54, 1.807) is 18.2 Å². The van der Waals surface area contributed by atoms with Gasteiger partial charge in [-0.25, -0.2) is 13.8 Å². The molecule has 0 aliphatic heterocycles. The lowest BCUT2D eigenvalue weighted by atomic mass is 10.3. The van der Waals surface area contributed by atoms with Crippen molar-refractivity contribution in [3.05, 3.63) is 24.5 Å². The van der Waals surface area contributed by atoms with Gasteiger partial charge in [-0.1, -0.05) is 6.07 Å². The normalized spacial score (nSPS) is 12.9. The molecule has 90 valence electrons. The highest BCUT2D eigenvalue weighted by atomic mass is 19.3. The number of nitrogens with zero attached hydrogens (tertiary/aromatic N) is 4. The Morgan fingerprint density at radius 1 is 1.35 bits per heavy atom. The number of hydrogen-bond acceptors (Lipinski definition) is 4. The summed E-state index contributed by atoms with van der Waals surface area (Å²) in [5, 5.41) is 7.42. The van der Waals surface area contributed by atoms with E-state index in [-0.39, 0.29) is 5.82 Å². The first-order valence-corrected chi connectivity index (χ1v) is 5.00. The van der Waals surface area contributed by atoms with Crippen molar-refractivity contribution >= 4 is 5.82 Å². The van der Waals surface area contributed by atoms with Crippen molar-refractivity contribution in [3.8, 4) is 11.5 Å². The second-order valence-electron chi connectivity index (χ2n) is 3.58. The van der Waals surface area contributed by atoms with Crippen LogP contribution < -0.4 is 5.73 Å². The van der Waals surface area contributed by atoms with Crippen molar-refractivity contribution in [1.82, 2.24) is 19.7 Å². The Bertz CT molecular complexity index is 511. The fourth-order valence-corrected chi connectivity index (χ4v) is 1.42. The number of hydrogen-bond donors (Lipinski definition) is 1. The number of rotatable bonds is 3. The number of halogens is 2. The summed E-state index contributed by atoms with van der Waals surface area (Å²) in [6.07, 6.45) is -1.23. The molecule has 0 radical (unpaired) electrons. The molecular weight excluding hydrogens is 228 g/mol. The average molecular weight is 239 g/mol. The highest BCUT2D eigenvalue weighted by molar-refractivity contribution is 5.52. The van der Waals surface area contributed by atoms with Crippen LogP contribution in [0, 0.1) is 0 Å². The molecule has 0 aliphatic rings. The molecule has 0 saturated heterocycles. The van der Waals surface area contributed by atoms with Gasteiger partial charge < -0.3 is 10.3 Å². The van der Waals surface area contributed by atoms with Crippen LogP contribution >= 0.6 is 0 Å². The predicted octanol–water partition coefficient (Wildman–Crippen LogP) is 1.75. The maximum Gasteiger partial charge on any atom is 0.258 e. The van der Waals surface area contributed by atoms with Crippen molar-refractivity contribution in [1.29, 1.82) is 0 Å². The van der Waals surface area contributed by atoms with E-state index in [0.29, 0.717) is 11.5 Å². The molecular formula is C10H11F2N5. The molecule has 2 rings (SSSR count). The van der Waals surface area contributed by atoms with Gasteiger partial charge in [0.25, 0.3) is 6.43 Å². The van der Waals surface area contributed by atoms with E-state index in [0.717, 1.165) is 0 Å². The van der Waals surface area contributed by atoms with Crippen molar-refractivity contribution < 1.29 is 8.78 Å². The Morgan fingerprint density at radius 2 is 2.12 bits per heavy atom. The van der Waals surface area contributed by atoms with Crippen molar-refractivity contribution in [3.63, 3.8) is 0 Å². The van der Waals surface area contributed by atoms with Crippen molar-refractivity contribution in [2.45, 2.75) is 19.4 Å². The third-order valence-corrected chi connectivity index (χ3v) is 2.38. The van der Waals surface area contributed by atoms with Crippen molar-refractivity contribution in [2.75, 3.05) is 5.73 Å². The summed E-state index contributed by atoms with van der Waals surface area (Å²) < 4.78 is 26.6. The lowest BCUT2D eigenvalue weighted by Crippen LogP contribution is -2.14. The second-order valence-corrected chi connectivity index (χ2v) is 3.58. The van der Waals surface area contributed by atoms with E-state index >= 15 is 0 Å². The Kier molecular flexibility index (Phi) is 2.99. The monoisotopic (exact) mass is 239 g/mol. The molecule has 2 aromatic rings. The lowest BCUT2D eigenvalue weighted by molar-refractivity contribution is 0.0919. The van der Waals surface area contributed by atoms with Gasteiger partial charge in [0.15, 0.2) is 5.82 Å². The minimum atomic E-state index is -2.49. The molecule has 0 bridgehead atoms. The van der Waals surface area contributed by atoms with E-state index in [2.05, 4.69) is 15.2 Å². The van der Waals surface area contributed by atoms with Crippen LogP contribution in [-0.2, 0) is 0 Å². The highest BCUT2D eigenvalue weighted by Gasteiger charge is 2.21. The SMILES string of the molecule is CC(C(F)F)n1cnnc1-c1cccc(N)n1. The lowest BCUT2D eigenvalue weighted by Gasteiger charge is -2.13. The van der Waals surface area contributed by atoms with Crippen LogP contribution in [0.25, 0.3) is 11.5 Å². The fraction of sp³-hybridized carbons (Fsp3) is 0.300. The topological polar surface area (TPSA) is 69.6 Å². The summed E-state index contributed by atoms with van der Waals surface area (Å²) in [5.74, 6) is 0.590. The van der Waals surface area contributed by atoms with Gasteiger partial charge in [-0.15, -0.1) is 10.2 Å². The third-order valence-electron chi connectivity index (χ3n) is 2.38. The summed E-state index contributed by atoms with van der Waals surface area (Å²) >= 11 is 0. The van der Waals surface area contributed by atoms with Gasteiger partial charge in [0, 0.05) is 0 Å². The summed E-state index contributed by atoms with van der Waals surface area (Å²) in [7, 11) is 0. The molecule has 0 aliphatic carbocycles. The van der Waals surface area contributed by atoms with E-state index in [4.69, 9.17) is 5.73 Å². The molecule has 2 aromatic heterocycles. The van der Waals surface area contributed by atoms with E-state index in [1.165, 1.54) is 17.8 Å². The molecule has 0 fully saturated rings. The minimum Gasteiger partial charge on any atom is -0.384 e. The maximum absolute atomic E-state index is 12.6. The molecule has 0 amide bonds. The first-order valence-electron chi connectivity index (χ1n) is 5.00. The van der Waals surface area contributed by atoms with Crippen LogP contribution in [0.1, 0.15) is 13.0 Å². The van der Waals surface area contributed by atoms with Gasteiger partial charge in [-0.3, -0.25) is 0 Å². The van der Waals surface area contributed by atoms with Crippen LogP contribution in [-0.4, -0.2) is 26.2 Å². The number of aromatic nitrogens is 4. The van der Waals surface area contributed by atoms with Crippen LogP contribution in [0.5, 0.6) is 0 Å². The van der Waals surface area contributed by atoms with Gasteiger partial charge in [-0.05, 0) is 19.1 Å². The third kappa shape index (κ3) is 2.22. The van der Waals surface area contributed by atoms with Crippen LogP contribution in [0.4, 0.5) is 14.6 Å². The zero-order chi connectivity index (χ0) is 12.4. The van der Waals surface area contributed by atoms with Crippen molar-refractivity contribution in [2.24, 2.45) is 0 Å². The van der Waals surface area contributed by atoms with Gasteiger partial charge >= 0.3 is 0 Å². The number of anilines is 1. The molecule has 0 saturated carbocycles. The fourth-order valence-electron chi connectivity index (χ4n) is 1.42. The summed E-state index contributed by atoms with van der Waals surface area (Å²) in [6, 6.07) is 3.93. The van der Waals surface area contributed by atoms with Crippen LogP contribution in [0.3, 0.4) is 0 Å². The maximum atomic E-state index is 12.6. The quantitative estimate of drug-likeness (QED) is 0.885. The zero-order valence-electron chi connectivity index (χ0n) is 9.09. The van der Waals surface area contributed by atoms with E-state index < -0.39 is 12.5 Å². The molecule has 0 aromatic carbocycles. The smallest absolute Gasteiger partial charge is 0.258 e. The highest BCUT2D eigenvalue weighted by Crippen LogP contribution is 2.22. The van der Waals surface area contributed by atoms with Crippen LogP contribution in [0.2, 0.25) is 0 Å². The molecule has 1 atom stereocenters. The molecule has 2 N–H and O–H groups in total. The molecule has 0 spiro atoms. The molecule has 5 nitrogen and oxygen atoms in total. The second kappa shape index (κ2) is 4.44. The predicted molar refractivity (Wildman–Crippen MR) is 58.4 cm³/mol. The van der Waals surface area contributed by atoms with Crippen LogP contribution in [0.15, 0.2) is 24.5 Å². The van der Waals surface area contributed by atoms with E-state index in [9.17, 15) is 8.78 Å². The first kappa shape index (κ1) is 11.4. The van der Waals surface area contributed by atoms with Gasteiger partial charge in [-0.2, -0.15) is 0 Å². The number of alkyl halides is 2. The van der Waals surface area contributed by atoms with E-state index in [1.807, 2.05) is 0 Å². The number of nitrogen functional groups attached to an aromatic ring is 1. The number of pyridine rings is 1. The van der Waals surface area contributed by atoms with Gasteiger partial charge in [0.1, 0.15) is 17.8 Å². The standard InChI is InChI=1S/C10H11F2N5/c1-6(9(11)12)17-5-14-16-10(17)7-3-2-4-8(13)15-7/h2-6,9H,1H3,(H2,13,15). The Hall–Kier alpha value is -2.05. The Morgan fingerprint density at radius 3 is 2.76 bits per heavy atom. The largest absolute Gasteiger partial charge is 0.384 e. The van der Waals surface area contributed by atoms with Gasteiger partial charge in [0.05, 0.1) is 6.04 Å². The number of nitrogens with two attached hydrogens (primary N) is 1. The molecule has 1 unspecified atom stereocenters. The minimum absolute atomic E-state index is 0.283. The first-order chi connectivity index (χ1) is 8.09. The summed E-state index contributed by atoms with van der Waals surface area (Å²) in [6.45, 7) is 1.39. The zero-order valence-corrected chi connectivity index (χ0v) is 9.09. The molecule has 7 heteroatoms. The summed E-state index contributed by atoms with van der Waals surface area (Å²) in [5.41, 5.74) is 5.96. The summed E-state index contributed by atoms with van der Waals surface area (Å²) in [4.78, 5) is 4.03. The molecule has 17 heavy (non-hydrogen) atoms. The van der Waals surface area contributed by atoms with Gasteiger partial charge in [0.2, 0.25) is 0 Å². The molecule has 2 heterocycles. The average Bonchev–Trinajstić information content (AvgIpc) is 2.76.